The molecule has 0 aliphatic rings. The van der Waals surface area contributed by atoms with Gasteiger partial charge in [0.1, 0.15) is 5.75 Å². The summed E-state index contributed by atoms with van der Waals surface area (Å²) in [6.07, 6.45) is 0. The van der Waals surface area contributed by atoms with E-state index in [-0.39, 0.29) is 0 Å². The molecule has 1 N–H and O–H groups in total. The van der Waals surface area contributed by atoms with Crippen LogP contribution in [0.5, 0.6) is 5.75 Å². The molecule has 2 aromatic heterocycles. The van der Waals surface area contributed by atoms with Crippen molar-refractivity contribution < 1.29 is 9.26 Å². The van der Waals surface area contributed by atoms with E-state index in [0.717, 1.165) is 26.3 Å². The van der Waals surface area contributed by atoms with Gasteiger partial charge in [0.2, 0.25) is 5.13 Å². The Labute approximate surface area is 176 Å². The second-order valence-electron chi connectivity index (χ2n) is 6.25. The predicted molar refractivity (Wildman–Crippen MR) is 114 cm³/mol. The Kier molecular flexibility index (Phi) is 6.06. The fraction of sp³-hybridized carbons (Fsp3) is 0.200. The van der Waals surface area contributed by atoms with Crippen molar-refractivity contribution >= 4 is 28.2 Å². The molecule has 7 nitrogen and oxygen atoms in total. The fourth-order valence-electron chi connectivity index (χ4n) is 2.51. The van der Waals surface area contributed by atoms with Crippen molar-refractivity contribution in [3.63, 3.8) is 0 Å². The molecule has 2 aromatic carbocycles. The summed E-state index contributed by atoms with van der Waals surface area (Å²) in [5.74, 6) is 2.58. The molecule has 0 amide bonds. The number of nitrogens with one attached hydrogen (secondary N) is 1. The summed E-state index contributed by atoms with van der Waals surface area (Å²) < 4.78 is 11.4. The number of methoxy groups -OCH3 is 1. The lowest BCUT2D eigenvalue weighted by molar-refractivity contribution is 0.414. The van der Waals surface area contributed by atoms with Crippen LogP contribution in [0, 0.1) is 6.92 Å². The lowest BCUT2D eigenvalue weighted by Crippen LogP contribution is -1.98. The van der Waals surface area contributed by atoms with E-state index in [1.165, 1.54) is 28.7 Å². The molecule has 0 fully saturated rings. The summed E-state index contributed by atoms with van der Waals surface area (Å²) >= 11 is 3.04. The summed E-state index contributed by atoms with van der Waals surface area (Å²) in [5.41, 5.74) is 3.25. The highest BCUT2D eigenvalue weighted by atomic mass is 32.2. The largest absolute Gasteiger partial charge is 0.497 e. The van der Waals surface area contributed by atoms with E-state index in [2.05, 4.69) is 25.7 Å². The maximum atomic E-state index is 5.36. The number of aryl methyl sites for hydroxylation is 1. The van der Waals surface area contributed by atoms with Crippen molar-refractivity contribution in [2.24, 2.45) is 0 Å². The Balaban J connectivity index is 1.29. The van der Waals surface area contributed by atoms with Crippen molar-refractivity contribution in [1.82, 2.24) is 20.3 Å². The van der Waals surface area contributed by atoms with Crippen molar-refractivity contribution in [1.29, 1.82) is 0 Å². The standard InChI is InChI=1S/C20H19N5O2S2/c1-13-3-7-15(8-4-13)18-22-17(25-27-18)12-28-20-24-23-19(29-20)21-11-14-5-9-16(26-2)10-6-14/h3-10H,11-12H2,1-2H3,(H,21,23). The molecular weight excluding hydrogens is 406 g/mol. The van der Waals surface area contributed by atoms with Crippen LogP contribution in [-0.2, 0) is 12.3 Å². The van der Waals surface area contributed by atoms with Crippen LogP contribution in [0.2, 0.25) is 0 Å². The molecule has 0 radical (unpaired) electrons. The van der Waals surface area contributed by atoms with Crippen LogP contribution < -0.4 is 10.1 Å². The topological polar surface area (TPSA) is 86.0 Å². The molecule has 2 heterocycles. The van der Waals surface area contributed by atoms with Gasteiger partial charge in [0.15, 0.2) is 10.2 Å². The Morgan fingerprint density at radius 1 is 1.07 bits per heavy atom. The van der Waals surface area contributed by atoms with Gasteiger partial charge in [-0.3, -0.25) is 0 Å². The summed E-state index contributed by atoms with van der Waals surface area (Å²) in [7, 11) is 1.66. The van der Waals surface area contributed by atoms with E-state index in [1.54, 1.807) is 7.11 Å². The third-order valence-corrected chi connectivity index (χ3v) is 6.11. The number of benzene rings is 2. The lowest BCUT2D eigenvalue weighted by Gasteiger charge is -2.03. The maximum Gasteiger partial charge on any atom is 0.257 e. The Hall–Kier alpha value is -2.91. The Bertz CT molecular complexity index is 1060. The molecule has 148 valence electrons. The quantitative estimate of drug-likeness (QED) is 0.403. The predicted octanol–water partition coefficient (Wildman–Crippen LogP) is 4.81. The van der Waals surface area contributed by atoms with E-state index in [9.17, 15) is 0 Å². The number of nitrogens with zero attached hydrogens (tertiary/aromatic N) is 4. The molecule has 0 atom stereocenters. The number of anilines is 1. The Morgan fingerprint density at radius 3 is 2.62 bits per heavy atom. The lowest BCUT2D eigenvalue weighted by atomic mass is 10.1. The molecule has 4 rings (SSSR count). The van der Waals surface area contributed by atoms with Crippen molar-refractivity contribution in [3.05, 3.63) is 65.5 Å². The number of rotatable bonds is 8. The van der Waals surface area contributed by atoms with E-state index in [1.807, 2.05) is 55.5 Å². The average molecular weight is 426 g/mol. The summed E-state index contributed by atoms with van der Waals surface area (Å²) in [6, 6.07) is 15.9. The van der Waals surface area contributed by atoms with Gasteiger partial charge < -0.3 is 14.6 Å². The molecule has 0 aliphatic heterocycles. The minimum absolute atomic E-state index is 0.528. The van der Waals surface area contributed by atoms with Crippen LogP contribution in [0.4, 0.5) is 5.13 Å². The van der Waals surface area contributed by atoms with Crippen LogP contribution in [0.25, 0.3) is 11.5 Å². The molecule has 0 spiro atoms. The summed E-state index contributed by atoms with van der Waals surface area (Å²) in [6.45, 7) is 2.72. The first-order valence-corrected chi connectivity index (χ1v) is 10.7. The molecule has 0 saturated carbocycles. The molecule has 4 aromatic rings. The van der Waals surface area contributed by atoms with Crippen LogP contribution in [-0.4, -0.2) is 27.4 Å². The van der Waals surface area contributed by atoms with Crippen molar-refractivity contribution in [3.8, 4) is 17.2 Å². The maximum absolute atomic E-state index is 5.36. The number of thioether (sulfide) groups is 1. The van der Waals surface area contributed by atoms with Gasteiger partial charge in [0, 0.05) is 12.1 Å². The molecule has 0 aliphatic carbocycles. The second-order valence-corrected chi connectivity index (χ2v) is 8.45. The zero-order chi connectivity index (χ0) is 20.1. The second kappa shape index (κ2) is 9.06. The third-order valence-electron chi connectivity index (χ3n) is 4.10. The van der Waals surface area contributed by atoms with Crippen LogP contribution in [0.3, 0.4) is 0 Å². The number of hydrogen-bond acceptors (Lipinski definition) is 9. The fourth-order valence-corrected chi connectivity index (χ4v) is 4.10. The Morgan fingerprint density at radius 2 is 1.86 bits per heavy atom. The van der Waals surface area contributed by atoms with Crippen LogP contribution in [0.1, 0.15) is 17.0 Å². The molecule has 0 bridgehead atoms. The minimum Gasteiger partial charge on any atom is -0.497 e. The zero-order valence-electron chi connectivity index (χ0n) is 16.0. The van der Waals surface area contributed by atoms with Gasteiger partial charge in [-0.15, -0.1) is 10.2 Å². The molecular formula is C20H19N5O2S2. The van der Waals surface area contributed by atoms with Crippen molar-refractivity contribution in [2.75, 3.05) is 12.4 Å². The number of ether oxygens (including phenoxy) is 1. The summed E-state index contributed by atoms with van der Waals surface area (Å²) in [4.78, 5) is 4.45. The molecule has 9 heteroatoms. The number of hydrogen-bond donors (Lipinski definition) is 1. The normalized spacial score (nSPS) is 10.8. The molecule has 0 unspecified atom stereocenters. The molecule has 0 saturated heterocycles. The van der Waals surface area contributed by atoms with Crippen LogP contribution >= 0.6 is 23.1 Å². The zero-order valence-corrected chi connectivity index (χ0v) is 17.6. The SMILES string of the molecule is COc1ccc(CNc2nnc(SCc3noc(-c4ccc(C)cc4)n3)s2)cc1. The van der Waals surface area contributed by atoms with Crippen LogP contribution in [0.15, 0.2) is 57.4 Å². The van der Waals surface area contributed by atoms with Gasteiger partial charge in [-0.2, -0.15) is 4.98 Å². The number of aromatic nitrogens is 4. The first-order valence-electron chi connectivity index (χ1n) is 8.92. The average Bonchev–Trinajstić information content (AvgIpc) is 3.41. The smallest absolute Gasteiger partial charge is 0.257 e. The first kappa shape index (κ1) is 19.4. The highest BCUT2D eigenvalue weighted by Crippen LogP contribution is 2.28. The van der Waals surface area contributed by atoms with Crippen molar-refractivity contribution in [2.45, 2.75) is 23.6 Å². The van der Waals surface area contributed by atoms with Gasteiger partial charge in [-0.1, -0.05) is 58.1 Å². The highest BCUT2D eigenvalue weighted by molar-refractivity contribution is 8.00. The monoisotopic (exact) mass is 425 g/mol. The van der Waals surface area contributed by atoms with Gasteiger partial charge in [-0.25, -0.2) is 0 Å². The summed E-state index contributed by atoms with van der Waals surface area (Å²) in [5, 5.41) is 16.5. The highest BCUT2D eigenvalue weighted by Gasteiger charge is 2.11. The van der Waals surface area contributed by atoms with Gasteiger partial charge >= 0.3 is 0 Å². The van der Waals surface area contributed by atoms with Gasteiger partial charge in [0.25, 0.3) is 5.89 Å². The van der Waals surface area contributed by atoms with E-state index in [4.69, 9.17) is 9.26 Å². The van der Waals surface area contributed by atoms with E-state index >= 15 is 0 Å². The third kappa shape index (κ3) is 5.12. The molecule has 29 heavy (non-hydrogen) atoms. The van der Waals surface area contributed by atoms with Gasteiger partial charge in [0.05, 0.1) is 12.9 Å². The van der Waals surface area contributed by atoms with E-state index < -0.39 is 0 Å². The first-order chi connectivity index (χ1) is 14.2. The minimum atomic E-state index is 0.528. The van der Waals surface area contributed by atoms with Gasteiger partial charge in [-0.05, 0) is 36.8 Å². The van der Waals surface area contributed by atoms with E-state index in [0.29, 0.717) is 24.0 Å².